The number of nitrogens with zero attached hydrogens (tertiary/aromatic N) is 2. The van der Waals surface area contributed by atoms with Crippen LogP contribution in [0.3, 0.4) is 0 Å². The highest BCUT2D eigenvalue weighted by Crippen LogP contribution is 2.37. The molecule has 1 fully saturated rings. The zero-order valence-electron chi connectivity index (χ0n) is 24.5. The summed E-state index contributed by atoms with van der Waals surface area (Å²) in [7, 11) is 1.61. The van der Waals surface area contributed by atoms with Crippen molar-refractivity contribution in [1.29, 1.82) is 0 Å². The topological polar surface area (TPSA) is 79.0 Å². The van der Waals surface area contributed by atoms with E-state index < -0.39 is 6.04 Å². The Morgan fingerprint density at radius 3 is 2.40 bits per heavy atom. The van der Waals surface area contributed by atoms with Gasteiger partial charge in [0.1, 0.15) is 18.3 Å². The third-order valence-corrected chi connectivity index (χ3v) is 8.65. The summed E-state index contributed by atoms with van der Waals surface area (Å²) >= 11 is 0. The Labute approximate surface area is 252 Å². The molecule has 0 saturated heterocycles. The number of benzene rings is 4. The number of nitrogens with one attached hydrogen (secondary N) is 1. The summed E-state index contributed by atoms with van der Waals surface area (Å²) in [4.78, 5) is 45.3. The minimum absolute atomic E-state index is 0.0977. The number of rotatable bonds is 10. The lowest BCUT2D eigenvalue weighted by atomic mass is 9.94. The maximum Gasteiger partial charge on any atom is 0.259 e. The molecule has 1 N–H and O–H groups in total. The van der Waals surface area contributed by atoms with Gasteiger partial charge in [0.25, 0.3) is 5.91 Å². The number of carbonyl (C=O) groups is 3. The summed E-state index contributed by atoms with van der Waals surface area (Å²) in [6.45, 7) is 0.0311. The van der Waals surface area contributed by atoms with Crippen LogP contribution in [0.15, 0.2) is 91.0 Å². The third kappa shape index (κ3) is 6.12. The second kappa shape index (κ2) is 12.7. The number of hydrogen-bond acceptors (Lipinski definition) is 4. The van der Waals surface area contributed by atoms with Crippen LogP contribution in [-0.2, 0) is 22.6 Å². The van der Waals surface area contributed by atoms with Crippen molar-refractivity contribution in [3.05, 3.63) is 108 Å². The lowest BCUT2D eigenvalue weighted by Gasteiger charge is -2.34. The van der Waals surface area contributed by atoms with Crippen LogP contribution in [0.5, 0.6) is 5.75 Å². The van der Waals surface area contributed by atoms with Crippen molar-refractivity contribution in [1.82, 2.24) is 10.2 Å². The quantitative estimate of drug-likeness (QED) is 0.256. The van der Waals surface area contributed by atoms with E-state index in [1.165, 1.54) is 6.42 Å². The second-order valence-electron chi connectivity index (χ2n) is 11.5. The van der Waals surface area contributed by atoms with E-state index in [4.69, 9.17) is 4.74 Å². The lowest BCUT2D eigenvalue weighted by molar-refractivity contribution is -0.140. The van der Waals surface area contributed by atoms with E-state index in [1.807, 2.05) is 91.0 Å². The number of amides is 3. The van der Waals surface area contributed by atoms with Gasteiger partial charge in [0, 0.05) is 30.0 Å². The molecule has 3 amide bonds. The fourth-order valence-electron chi connectivity index (χ4n) is 6.43. The summed E-state index contributed by atoms with van der Waals surface area (Å²) in [5.74, 6) is 0.0200. The molecule has 1 aliphatic heterocycles. The molecule has 0 bridgehead atoms. The first kappa shape index (κ1) is 28.5. The maximum absolute atomic E-state index is 14.4. The maximum atomic E-state index is 14.4. The van der Waals surface area contributed by atoms with E-state index in [1.54, 1.807) is 16.9 Å². The van der Waals surface area contributed by atoms with Crippen LogP contribution in [0.4, 0.5) is 5.69 Å². The van der Waals surface area contributed by atoms with Gasteiger partial charge in [-0.1, -0.05) is 86.0 Å². The van der Waals surface area contributed by atoms with Gasteiger partial charge in [0.2, 0.25) is 11.8 Å². The minimum atomic E-state index is -0.765. The van der Waals surface area contributed by atoms with Gasteiger partial charge in [0.15, 0.2) is 0 Å². The monoisotopic (exact) mass is 575 g/mol. The first-order valence-electron chi connectivity index (χ1n) is 15.1. The van der Waals surface area contributed by atoms with Crippen molar-refractivity contribution in [2.45, 2.75) is 57.2 Å². The molecular weight excluding hydrogens is 538 g/mol. The molecule has 0 spiro atoms. The lowest BCUT2D eigenvalue weighted by Crippen LogP contribution is -2.54. The summed E-state index contributed by atoms with van der Waals surface area (Å²) in [6, 6.07) is 28.1. The predicted octanol–water partition coefficient (Wildman–Crippen LogP) is 5.90. The second-order valence-corrected chi connectivity index (χ2v) is 11.5. The van der Waals surface area contributed by atoms with Crippen molar-refractivity contribution >= 4 is 34.2 Å². The molecule has 1 heterocycles. The van der Waals surface area contributed by atoms with E-state index >= 15 is 0 Å². The van der Waals surface area contributed by atoms with E-state index in [2.05, 4.69) is 5.32 Å². The van der Waals surface area contributed by atoms with Crippen molar-refractivity contribution in [3.8, 4) is 5.75 Å². The Hall–Kier alpha value is -4.65. The number of methoxy groups -OCH3 is 1. The molecular formula is C36H37N3O4. The fourth-order valence-corrected chi connectivity index (χ4v) is 6.43. The van der Waals surface area contributed by atoms with Crippen molar-refractivity contribution < 1.29 is 19.1 Å². The molecule has 6 rings (SSSR count). The van der Waals surface area contributed by atoms with E-state index in [-0.39, 0.29) is 36.9 Å². The van der Waals surface area contributed by atoms with Crippen molar-refractivity contribution in [2.24, 2.45) is 0 Å². The van der Waals surface area contributed by atoms with Crippen molar-refractivity contribution in [3.63, 3.8) is 0 Å². The first-order chi connectivity index (χ1) is 21.0. The minimum Gasteiger partial charge on any atom is -0.497 e. The van der Waals surface area contributed by atoms with Crippen LogP contribution < -0.4 is 15.0 Å². The fraction of sp³-hybridized carbons (Fsp3) is 0.306. The summed E-state index contributed by atoms with van der Waals surface area (Å²) < 4.78 is 5.46. The predicted molar refractivity (Wildman–Crippen MR) is 168 cm³/mol. The molecule has 43 heavy (non-hydrogen) atoms. The van der Waals surface area contributed by atoms with Crippen LogP contribution in [0.25, 0.3) is 10.8 Å². The molecule has 0 radical (unpaired) electrons. The van der Waals surface area contributed by atoms with Crippen LogP contribution >= 0.6 is 0 Å². The van der Waals surface area contributed by atoms with Crippen molar-refractivity contribution in [2.75, 3.05) is 18.6 Å². The van der Waals surface area contributed by atoms with Gasteiger partial charge in [-0.15, -0.1) is 0 Å². The van der Waals surface area contributed by atoms with Crippen LogP contribution in [-0.4, -0.2) is 48.4 Å². The average Bonchev–Trinajstić information content (AvgIpc) is 3.31. The van der Waals surface area contributed by atoms with Gasteiger partial charge >= 0.3 is 0 Å². The van der Waals surface area contributed by atoms with E-state index in [9.17, 15) is 14.4 Å². The van der Waals surface area contributed by atoms with Gasteiger partial charge in [-0.05, 0) is 53.6 Å². The summed E-state index contributed by atoms with van der Waals surface area (Å²) in [6.07, 6.45) is 5.60. The molecule has 1 aliphatic carbocycles. The Bertz CT molecular complexity index is 1630. The molecule has 1 saturated carbocycles. The largest absolute Gasteiger partial charge is 0.497 e. The Kier molecular flexibility index (Phi) is 8.40. The number of ether oxygens (including phenoxy) is 1. The van der Waals surface area contributed by atoms with Gasteiger partial charge in [-0.2, -0.15) is 0 Å². The molecule has 2 aliphatic rings. The van der Waals surface area contributed by atoms with Crippen LogP contribution in [0.2, 0.25) is 0 Å². The normalized spacial score (nSPS) is 15.4. The Morgan fingerprint density at radius 1 is 0.907 bits per heavy atom. The third-order valence-electron chi connectivity index (χ3n) is 8.65. The van der Waals surface area contributed by atoms with Crippen LogP contribution in [0, 0.1) is 0 Å². The molecule has 220 valence electrons. The highest BCUT2D eigenvalue weighted by atomic mass is 16.5. The number of carbonyl (C=O) groups excluding carboxylic acids is 3. The Balaban J connectivity index is 1.35. The SMILES string of the molecule is COc1cccc(CN(C(=O)CN2C(=O)c3cccc4cccc2c34)C(Cc2ccccc2)C(=O)NC2CCCCC2)c1. The van der Waals surface area contributed by atoms with E-state index in [0.29, 0.717) is 17.7 Å². The van der Waals surface area contributed by atoms with Gasteiger partial charge in [0.05, 0.1) is 12.8 Å². The zero-order chi connectivity index (χ0) is 29.8. The summed E-state index contributed by atoms with van der Waals surface area (Å²) in [5, 5.41) is 5.10. The van der Waals surface area contributed by atoms with Gasteiger partial charge in [-0.25, -0.2) is 0 Å². The van der Waals surface area contributed by atoms with Gasteiger partial charge < -0.3 is 15.0 Å². The standard InChI is InChI=1S/C36H37N3O4/c1-43-29-18-8-13-26(21-29)23-38(32(22-25-11-4-2-5-12-25)35(41)37-28-16-6-3-7-17-28)33(40)24-39-31-20-10-15-27-14-9-19-30(34(27)31)36(39)42/h2,4-5,8-15,18-21,28,32H,3,6-7,16-17,22-24H2,1H3,(H,37,41). The molecule has 4 aromatic rings. The molecule has 7 nitrogen and oxygen atoms in total. The molecule has 7 heteroatoms. The molecule has 1 unspecified atom stereocenters. The first-order valence-corrected chi connectivity index (χ1v) is 15.1. The Morgan fingerprint density at radius 2 is 1.63 bits per heavy atom. The van der Waals surface area contributed by atoms with Crippen LogP contribution in [0.1, 0.15) is 53.6 Å². The smallest absolute Gasteiger partial charge is 0.259 e. The highest BCUT2D eigenvalue weighted by molar-refractivity contribution is 6.26. The molecule has 4 aromatic carbocycles. The van der Waals surface area contributed by atoms with E-state index in [0.717, 1.165) is 53.3 Å². The van der Waals surface area contributed by atoms with Gasteiger partial charge in [-0.3, -0.25) is 19.3 Å². The molecule has 0 aromatic heterocycles. The average molecular weight is 576 g/mol. The molecule has 1 atom stereocenters. The number of anilines is 1. The number of hydrogen-bond donors (Lipinski definition) is 1. The zero-order valence-corrected chi connectivity index (χ0v) is 24.5. The summed E-state index contributed by atoms with van der Waals surface area (Å²) in [5.41, 5.74) is 3.12. The highest BCUT2D eigenvalue weighted by Gasteiger charge is 2.36.